The molecule has 0 amide bonds. The molecular weight excluding hydrogens is 384 g/mol. The summed E-state index contributed by atoms with van der Waals surface area (Å²) < 4.78 is 0. The number of benzene rings is 3. The monoisotopic (exact) mass is 408 g/mol. The highest BCUT2D eigenvalue weighted by molar-refractivity contribution is 6.08. The van der Waals surface area contributed by atoms with E-state index >= 15 is 0 Å². The topological polar surface area (TPSA) is 54.4 Å². The van der Waals surface area contributed by atoms with E-state index in [9.17, 15) is 14.7 Å². The van der Waals surface area contributed by atoms with Gasteiger partial charge in [0, 0.05) is 5.56 Å². The van der Waals surface area contributed by atoms with Gasteiger partial charge in [0.05, 0.1) is 5.56 Å². The molecule has 154 valence electrons. The number of ketones is 1. The molecule has 3 aromatic rings. The van der Waals surface area contributed by atoms with Crippen molar-refractivity contribution in [3.8, 4) is 0 Å². The molecule has 0 unspecified atom stereocenters. The lowest BCUT2D eigenvalue weighted by molar-refractivity contribution is 0.0696. The minimum Gasteiger partial charge on any atom is -0.478 e. The van der Waals surface area contributed by atoms with Crippen LogP contribution in [0.25, 0.3) is 11.6 Å². The molecule has 0 saturated carbocycles. The number of carbonyl (C=O) groups excluding carboxylic acids is 1. The molecule has 31 heavy (non-hydrogen) atoms. The molecule has 3 heteroatoms. The van der Waals surface area contributed by atoms with Gasteiger partial charge in [0.1, 0.15) is 0 Å². The number of allylic oxidation sites excluding steroid dienone is 2. The van der Waals surface area contributed by atoms with E-state index in [-0.39, 0.29) is 16.8 Å². The van der Waals surface area contributed by atoms with Crippen molar-refractivity contribution in [3.05, 3.63) is 118 Å². The lowest BCUT2D eigenvalue weighted by Crippen LogP contribution is -2.22. The predicted molar refractivity (Wildman–Crippen MR) is 124 cm³/mol. The number of hydrogen-bond donors (Lipinski definition) is 1. The second-order valence-corrected chi connectivity index (χ2v) is 8.42. The molecule has 0 heterocycles. The normalized spacial score (nSPS) is 14.7. The number of aromatic carboxylic acids is 1. The Morgan fingerprint density at radius 1 is 0.935 bits per heavy atom. The zero-order chi connectivity index (χ0) is 22.0. The molecule has 3 nitrogen and oxygen atoms in total. The summed E-state index contributed by atoms with van der Waals surface area (Å²) in [5, 5.41) is 9.33. The van der Waals surface area contributed by atoms with Crippen molar-refractivity contribution in [1.82, 2.24) is 0 Å². The quantitative estimate of drug-likeness (QED) is 0.393. The van der Waals surface area contributed by atoms with Crippen molar-refractivity contribution >= 4 is 23.4 Å². The Bertz CT molecular complexity index is 1210. The van der Waals surface area contributed by atoms with Crippen LogP contribution in [0, 0.1) is 0 Å². The second kappa shape index (κ2) is 8.19. The van der Waals surface area contributed by atoms with Gasteiger partial charge in [-0.25, -0.2) is 4.79 Å². The van der Waals surface area contributed by atoms with Gasteiger partial charge in [-0.2, -0.15) is 0 Å². The van der Waals surface area contributed by atoms with Gasteiger partial charge in [-0.1, -0.05) is 86.7 Å². The van der Waals surface area contributed by atoms with E-state index in [0.29, 0.717) is 11.1 Å². The van der Waals surface area contributed by atoms with Crippen LogP contribution in [-0.4, -0.2) is 16.9 Å². The summed E-state index contributed by atoms with van der Waals surface area (Å²) in [7, 11) is 0. The average Bonchev–Trinajstić information content (AvgIpc) is 2.78. The van der Waals surface area contributed by atoms with Crippen molar-refractivity contribution in [2.75, 3.05) is 0 Å². The first-order valence-corrected chi connectivity index (χ1v) is 10.3. The third-order valence-corrected chi connectivity index (χ3v) is 5.83. The van der Waals surface area contributed by atoms with E-state index in [1.807, 2.05) is 36.4 Å². The first-order chi connectivity index (χ1) is 14.9. The van der Waals surface area contributed by atoms with Crippen molar-refractivity contribution < 1.29 is 14.7 Å². The Kier molecular flexibility index (Phi) is 5.43. The van der Waals surface area contributed by atoms with Crippen LogP contribution in [0.2, 0.25) is 0 Å². The molecule has 0 fully saturated rings. The lowest BCUT2D eigenvalue weighted by atomic mass is 9.71. The highest BCUT2D eigenvalue weighted by Crippen LogP contribution is 2.41. The maximum absolute atomic E-state index is 12.9. The molecule has 0 saturated heterocycles. The summed E-state index contributed by atoms with van der Waals surface area (Å²) in [6.45, 7) is 4.38. The van der Waals surface area contributed by atoms with Crippen LogP contribution in [0.1, 0.15) is 63.2 Å². The summed E-state index contributed by atoms with van der Waals surface area (Å²) >= 11 is 0. The molecule has 3 aromatic carbocycles. The molecule has 1 aliphatic carbocycles. The van der Waals surface area contributed by atoms with Crippen LogP contribution < -0.4 is 0 Å². The minimum atomic E-state index is -1.01. The third kappa shape index (κ3) is 4.13. The number of fused-ring (bicyclic) bond motifs is 1. The Hall–Kier alpha value is -3.72. The van der Waals surface area contributed by atoms with Gasteiger partial charge in [0.15, 0.2) is 5.78 Å². The fourth-order valence-electron chi connectivity index (χ4n) is 4.06. The summed E-state index contributed by atoms with van der Waals surface area (Å²) in [6.07, 6.45) is 6.20. The van der Waals surface area contributed by atoms with Crippen LogP contribution >= 0.6 is 0 Å². The van der Waals surface area contributed by atoms with E-state index in [0.717, 1.165) is 17.5 Å². The highest BCUT2D eigenvalue weighted by atomic mass is 16.4. The van der Waals surface area contributed by atoms with E-state index in [1.165, 1.54) is 23.3 Å². The fourth-order valence-corrected chi connectivity index (χ4v) is 4.06. The van der Waals surface area contributed by atoms with Crippen molar-refractivity contribution in [2.45, 2.75) is 25.7 Å². The molecule has 1 aliphatic rings. The molecule has 0 atom stereocenters. The number of hydrogen-bond acceptors (Lipinski definition) is 2. The van der Waals surface area contributed by atoms with Gasteiger partial charge < -0.3 is 5.11 Å². The first kappa shape index (κ1) is 20.5. The minimum absolute atomic E-state index is 0.0798. The number of carboxylic acids is 1. The Labute approximate surface area is 182 Å². The van der Waals surface area contributed by atoms with Crippen LogP contribution in [0.15, 0.2) is 84.9 Å². The maximum Gasteiger partial charge on any atom is 0.336 e. The van der Waals surface area contributed by atoms with Crippen LogP contribution in [0.3, 0.4) is 0 Å². The van der Waals surface area contributed by atoms with E-state index in [1.54, 1.807) is 24.3 Å². The zero-order valence-electron chi connectivity index (χ0n) is 17.6. The van der Waals surface area contributed by atoms with Gasteiger partial charge >= 0.3 is 5.97 Å². The fraction of sp³-hybridized carbons (Fsp3) is 0.143. The van der Waals surface area contributed by atoms with E-state index in [2.05, 4.69) is 32.1 Å². The van der Waals surface area contributed by atoms with Gasteiger partial charge in [0.25, 0.3) is 0 Å². The molecule has 0 spiro atoms. The first-order valence-electron chi connectivity index (χ1n) is 10.3. The standard InChI is InChI=1S/C28H24O3/c1-28(2)17-16-22(19-8-4-3-5-9-19)24-14-12-21(18-25(24)28)26(29)15-13-20-10-6-7-11-23(20)27(30)31/h3-16,18H,17H2,1-2H3,(H,30,31). The third-order valence-electron chi connectivity index (χ3n) is 5.83. The molecule has 1 N–H and O–H groups in total. The Balaban J connectivity index is 1.69. The molecule has 4 rings (SSSR count). The maximum atomic E-state index is 12.9. The summed E-state index contributed by atoms with van der Waals surface area (Å²) in [5.74, 6) is -1.15. The van der Waals surface area contributed by atoms with Crippen LogP contribution in [0.5, 0.6) is 0 Å². The van der Waals surface area contributed by atoms with Gasteiger partial charge in [-0.05, 0) is 57.9 Å². The molecular formula is C28H24O3. The Morgan fingerprint density at radius 3 is 2.39 bits per heavy atom. The average molecular weight is 408 g/mol. The van der Waals surface area contributed by atoms with E-state index < -0.39 is 5.97 Å². The molecule has 0 aliphatic heterocycles. The van der Waals surface area contributed by atoms with Gasteiger partial charge in [0.2, 0.25) is 0 Å². The number of rotatable bonds is 5. The highest BCUT2D eigenvalue weighted by Gasteiger charge is 2.29. The van der Waals surface area contributed by atoms with Gasteiger partial charge in [-0.3, -0.25) is 4.79 Å². The Morgan fingerprint density at radius 2 is 1.65 bits per heavy atom. The second-order valence-electron chi connectivity index (χ2n) is 8.42. The molecule has 0 radical (unpaired) electrons. The number of carbonyl (C=O) groups is 2. The van der Waals surface area contributed by atoms with Crippen molar-refractivity contribution in [2.24, 2.45) is 0 Å². The summed E-state index contributed by atoms with van der Waals surface area (Å²) in [6, 6.07) is 22.8. The van der Waals surface area contributed by atoms with Gasteiger partial charge in [-0.15, -0.1) is 0 Å². The molecule has 0 aromatic heterocycles. The van der Waals surface area contributed by atoms with Crippen molar-refractivity contribution in [1.29, 1.82) is 0 Å². The summed E-state index contributed by atoms with van der Waals surface area (Å²) in [5.41, 5.74) is 5.88. The lowest BCUT2D eigenvalue weighted by Gasteiger charge is -2.32. The number of carboxylic acid groups (broad SMARTS) is 1. The smallest absolute Gasteiger partial charge is 0.336 e. The van der Waals surface area contributed by atoms with Crippen molar-refractivity contribution in [3.63, 3.8) is 0 Å². The summed E-state index contributed by atoms with van der Waals surface area (Å²) in [4.78, 5) is 24.3. The van der Waals surface area contributed by atoms with E-state index in [4.69, 9.17) is 0 Å². The predicted octanol–water partition coefficient (Wildman–Crippen LogP) is 6.39. The molecule has 0 bridgehead atoms. The SMILES string of the molecule is CC1(C)CC=C(c2ccccc2)c2ccc(C(=O)C=Cc3ccccc3C(=O)O)cc21. The largest absolute Gasteiger partial charge is 0.478 e. The van der Waals surface area contributed by atoms with Crippen LogP contribution in [0.4, 0.5) is 0 Å². The zero-order valence-corrected chi connectivity index (χ0v) is 17.6. The van der Waals surface area contributed by atoms with Crippen LogP contribution in [-0.2, 0) is 5.41 Å².